The molecule has 4 rings (SSSR count). The molecule has 180 valence electrons. The first kappa shape index (κ1) is 24.2. The number of ether oxygens (including phenoxy) is 2. The van der Waals surface area contributed by atoms with Gasteiger partial charge in [0.05, 0.1) is 12.8 Å². The maximum Gasteiger partial charge on any atom is 0.262 e. The highest BCUT2D eigenvalue weighted by Gasteiger charge is 2.15. The molecule has 1 aromatic heterocycles. The Morgan fingerprint density at radius 3 is 2.23 bits per heavy atom. The van der Waals surface area contributed by atoms with Gasteiger partial charge in [0.2, 0.25) is 0 Å². The highest BCUT2D eigenvalue weighted by atomic mass is 16.5. The predicted octanol–water partition coefficient (Wildman–Crippen LogP) is 6.01. The summed E-state index contributed by atoms with van der Waals surface area (Å²) in [7, 11) is 0. The summed E-state index contributed by atoms with van der Waals surface area (Å²) in [5, 5.41) is 12.0. The second-order valence-corrected chi connectivity index (χ2v) is 8.60. The van der Waals surface area contributed by atoms with E-state index in [2.05, 4.69) is 17.4 Å². The van der Waals surface area contributed by atoms with Crippen LogP contribution in [0.15, 0.2) is 76.9 Å². The van der Waals surface area contributed by atoms with Gasteiger partial charge in [-0.05, 0) is 72.4 Å². The number of carbonyl (C=O) groups is 1. The molecule has 0 saturated heterocycles. The molecule has 0 spiro atoms. The normalized spacial score (nSPS) is 14.2. The molecule has 1 aliphatic carbocycles. The van der Waals surface area contributed by atoms with E-state index in [0.717, 1.165) is 11.3 Å². The molecule has 0 aliphatic heterocycles. The van der Waals surface area contributed by atoms with Crippen molar-refractivity contribution < 1.29 is 18.7 Å². The fourth-order valence-corrected chi connectivity index (χ4v) is 4.24. The zero-order valence-corrected chi connectivity index (χ0v) is 19.7. The molecule has 0 atom stereocenters. The molecule has 35 heavy (non-hydrogen) atoms. The van der Waals surface area contributed by atoms with E-state index < -0.39 is 5.91 Å². The lowest BCUT2D eigenvalue weighted by Crippen LogP contribution is -2.23. The first-order valence-corrected chi connectivity index (χ1v) is 12.1. The second-order valence-electron chi connectivity index (χ2n) is 8.60. The summed E-state index contributed by atoms with van der Waals surface area (Å²) in [4.78, 5) is 12.2. The van der Waals surface area contributed by atoms with Crippen LogP contribution in [0, 0.1) is 11.3 Å². The fraction of sp³-hybridized carbons (Fsp3) is 0.310. The van der Waals surface area contributed by atoms with Crippen molar-refractivity contribution in [3.05, 3.63) is 89.4 Å². The van der Waals surface area contributed by atoms with Crippen LogP contribution in [0.1, 0.15) is 54.9 Å². The maximum atomic E-state index is 12.2. The van der Waals surface area contributed by atoms with E-state index in [0.29, 0.717) is 30.6 Å². The van der Waals surface area contributed by atoms with Gasteiger partial charge in [0, 0.05) is 0 Å². The number of nitrogens with one attached hydrogen (secondary N) is 1. The third kappa shape index (κ3) is 7.25. The Hall–Kier alpha value is -3.98. The highest BCUT2D eigenvalue weighted by molar-refractivity contribution is 6.01. The molecule has 0 unspecified atom stereocenters. The lowest BCUT2D eigenvalue weighted by Gasteiger charge is -2.22. The van der Waals surface area contributed by atoms with Crippen molar-refractivity contribution in [2.75, 3.05) is 13.2 Å². The first-order valence-electron chi connectivity index (χ1n) is 12.1. The minimum absolute atomic E-state index is 0.0214. The Kier molecular flexibility index (Phi) is 8.61. The van der Waals surface area contributed by atoms with Crippen LogP contribution >= 0.6 is 0 Å². The van der Waals surface area contributed by atoms with Crippen molar-refractivity contribution >= 4 is 12.0 Å². The van der Waals surface area contributed by atoms with Crippen LogP contribution in [0.3, 0.4) is 0 Å². The van der Waals surface area contributed by atoms with Crippen molar-refractivity contribution in [1.82, 2.24) is 5.32 Å². The quantitative estimate of drug-likeness (QED) is 0.223. The zero-order valence-electron chi connectivity index (χ0n) is 19.7. The average molecular weight is 471 g/mol. The monoisotopic (exact) mass is 470 g/mol. The molecule has 6 heteroatoms. The van der Waals surface area contributed by atoms with Crippen LogP contribution in [-0.4, -0.2) is 19.1 Å². The molecule has 1 amide bonds. The number of hydrogen-bond acceptors (Lipinski definition) is 5. The van der Waals surface area contributed by atoms with E-state index in [4.69, 9.17) is 13.9 Å². The predicted molar refractivity (Wildman–Crippen MR) is 134 cm³/mol. The van der Waals surface area contributed by atoms with Crippen molar-refractivity contribution in [2.45, 2.75) is 44.6 Å². The second kappa shape index (κ2) is 12.5. The van der Waals surface area contributed by atoms with Crippen molar-refractivity contribution in [2.24, 2.45) is 0 Å². The Bertz CT molecular complexity index is 1140. The van der Waals surface area contributed by atoms with E-state index >= 15 is 0 Å². The molecule has 1 aliphatic rings. The number of carbonyl (C=O) groups excluding carboxylic acids is 1. The van der Waals surface area contributed by atoms with E-state index in [1.165, 1.54) is 43.9 Å². The molecule has 6 nitrogen and oxygen atoms in total. The summed E-state index contributed by atoms with van der Waals surface area (Å²) < 4.78 is 16.8. The van der Waals surface area contributed by atoms with Gasteiger partial charge in [0.25, 0.3) is 5.91 Å². The molecule has 1 fully saturated rings. The van der Waals surface area contributed by atoms with Crippen molar-refractivity contribution in [3.8, 4) is 17.6 Å². The summed E-state index contributed by atoms with van der Waals surface area (Å²) >= 11 is 0. The Balaban J connectivity index is 1.21. The topological polar surface area (TPSA) is 84.5 Å². The van der Waals surface area contributed by atoms with Crippen LogP contribution in [0.25, 0.3) is 6.08 Å². The van der Waals surface area contributed by atoms with Gasteiger partial charge in [0.15, 0.2) is 0 Å². The van der Waals surface area contributed by atoms with Gasteiger partial charge in [-0.2, -0.15) is 5.26 Å². The number of amides is 1. The Morgan fingerprint density at radius 2 is 1.63 bits per heavy atom. The molecule has 1 N–H and O–H groups in total. The van der Waals surface area contributed by atoms with Gasteiger partial charge in [-0.15, -0.1) is 0 Å². The van der Waals surface area contributed by atoms with Gasteiger partial charge in [-0.3, -0.25) is 4.79 Å². The molecule has 1 heterocycles. The Morgan fingerprint density at radius 1 is 0.971 bits per heavy atom. The molecule has 1 saturated carbocycles. The number of rotatable bonds is 10. The number of nitriles is 1. The molecule has 0 bridgehead atoms. The van der Waals surface area contributed by atoms with E-state index in [1.54, 1.807) is 42.5 Å². The van der Waals surface area contributed by atoms with Crippen molar-refractivity contribution in [1.29, 1.82) is 5.26 Å². The van der Waals surface area contributed by atoms with Gasteiger partial charge in [0.1, 0.15) is 42.1 Å². The number of furan rings is 1. The molecule has 3 aromatic rings. The van der Waals surface area contributed by atoms with Gasteiger partial charge >= 0.3 is 0 Å². The van der Waals surface area contributed by atoms with Gasteiger partial charge in [-0.1, -0.05) is 43.5 Å². The summed E-state index contributed by atoms with van der Waals surface area (Å²) in [6.07, 6.45) is 9.69. The van der Waals surface area contributed by atoms with Crippen LogP contribution < -0.4 is 14.8 Å². The first-order chi connectivity index (χ1) is 17.2. The summed E-state index contributed by atoms with van der Waals surface area (Å²) in [6, 6.07) is 21.1. The van der Waals surface area contributed by atoms with Crippen molar-refractivity contribution in [3.63, 3.8) is 0 Å². The van der Waals surface area contributed by atoms with Gasteiger partial charge in [-0.25, -0.2) is 0 Å². The third-order valence-corrected chi connectivity index (χ3v) is 6.14. The van der Waals surface area contributed by atoms with Crippen LogP contribution in [0.4, 0.5) is 0 Å². The smallest absolute Gasteiger partial charge is 0.262 e. The lowest BCUT2D eigenvalue weighted by atomic mass is 9.84. The van der Waals surface area contributed by atoms with E-state index in [-0.39, 0.29) is 12.1 Å². The SMILES string of the molecule is N#C/C(=C\c1ccc(OCCOc2ccc(C3CCCCC3)cc2)cc1)C(=O)NCc1ccco1. The molecular formula is C29H30N2O4. The number of nitrogens with zero attached hydrogens (tertiary/aromatic N) is 1. The summed E-state index contributed by atoms with van der Waals surface area (Å²) in [5.41, 5.74) is 2.17. The molecule has 2 aromatic carbocycles. The molecular weight excluding hydrogens is 440 g/mol. The standard InChI is InChI=1S/C29H30N2O4/c30-20-25(29(32)31-21-28-7-4-16-33-28)19-22-8-12-26(13-9-22)34-17-18-35-27-14-10-24(11-15-27)23-5-2-1-3-6-23/h4,7-16,19,23H,1-3,5-6,17-18,21H2,(H,31,32)/b25-19+. The molecule has 0 radical (unpaired) electrons. The van der Waals surface area contributed by atoms with Crippen LogP contribution in [-0.2, 0) is 11.3 Å². The number of benzene rings is 2. The fourth-order valence-electron chi connectivity index (χ4n) is 4.24. The maximum absolute atomic E-state index is 12.2. The minimum Gasteiger partial charge on any atom is -0.490 e. The summed E-state index contributed by atoms with van der Waals surface area (Å²) in [5.74, 6) is 2.41. The average Bonchev–Trinajstić information content (AvgIpc) is 3.44. The zero-order chi connectivity index (χ0) is 24.3. The van der Waals surface area contributed by atoms with Crippen LogP contribution in [0.2, 0.25) is 0 Å². The summed E-state index contributed by atoms with van der Waals surface area (Å²) in [6.45, 7) is 1.08. The largest absolute Gasteiger partial charge is 0.490 e. The lowest BCUT2D eigenvalue weighted by molar-refractivity contribution is -0.117. The Labute approximate surface area is 206 Å². The highest BCUT2D eigenvalue weighted by Crippen LogP contribution is 2.33. The minimum atomic E-state index is -0.451. The van der Waals surface area contributed by atoms with Gasteiger partial charge < -0.3 is 19.2 Å². The van der Waals surface area contributed by atoms with Crippen LogP contribution in [0.5, 0.6) is 11.5 Å². The third-order valence-electron chi connectivity index (χ3n) is 6.14. The number of hydrogen-bond donors (Lipinski definition) is 1. The van der Waals surface area contributed by atoms with E-state index in [1.807, 2.05) is 18.2 Å². The van der Waals surface area contributed by atoms with E-state index in [9.17, 15) is 10.1 Å².